The van der Waals surface area contributed by atoms with E-state index in [1.165, 1.54) is 24.8 Å². The van der Waals surface area contributed by atoms with E-state index >= 15 is 0 Å². The number of hydrogen-bond acceptors (Lipinski definition) is 4. The molecule has 1 aromatic heterocycles. The Kier molecular flexibility index (Phi) is 4.78. The van der Waals surface area contributed by atoms with E-state index in [9.17, 15) is 4.79 Å². The highest BCUT2D eigenvalue weighted by Crippen LogP contribution is 2.31. The molecular formula is C16H27N5O. The summed E-state index contributed by atoms with van der Waals surface area (Å²) in [5.41, 5.74) is 6.66. The molecule has 22 heavy (non-hydrogen) atoms. The van der Waals surface area contributed by atoms with Gasteiger partial charge in [0.15, 0.2) is 0 Å². The summed E-state index contributed by atoms with van der Waals surface area (Å²) in [5, 5.41) is 6.83. The van der Waals surface area contributed by atoms with Crippen LogP contribution in [0, 0.1) is 0 Å². The first-order valence-electron chi connectivity index (χ1n) is 8.46. The van der Waals surface area contributed by atoms with Gasteiger partial charge in [-0.15, -0.1) is 0 Å². The lowest BCUT2D eigenvalue weighted by atomic mass is 9.83. The van der Waals surface area contributed by atoms with Crippen molar-refractivity contribution >= 4 is 5.91 Å². The molecule has 0 unspecified atom stereocenters. The molecule has 0 saturated carbocycles. The maximum absolute atomic E-state index is 12.2. The van der Waals surface area contributed by atoms with Crippen molar-refractivity contribution < 1.29 is 4.79 Å². The number of H-pyrrole nitrogens is 1. The van der Waals surface area contributed by atoms with Crippen LogP contribution in [0.25, 0.3) is 0 Å². The van der Waals surface area contributed by atoms with Crippen molar-refractivity contribution in [1.82, 2.24) is 20.0 Å². The van der Waals surface area contributed by atoms with E-state index < -0.39 is 5.54 Å². The zero-order valence-corrected chi connectivity index (χ0v) is 13.3. The number of aromatic nitrogens is 2. The average Bonchev–Trinajstić information content (AvgIpc) is 3.07. The van der Waals surface area contributed by atoms with Crippen LogP contribution in [0.4, 0.5) is 0 Å². The summed E-state index contributed by atoms with van der Waals surface area (Å²) in [6.45, 7) is 4.98. The van der Waals surface area contributed by atoms with Gasteiger partial charge < -0.3 is 10.6 Å². The normalized spacial score (nSPS) is 23.5. The van der Waals surface area contributed by atoms with Gasteiger partial charge >= 0.3 is 0 Å². The number of carbonyl (C=O) groups excluding carboxylic acids is 1. The fourth-order valence-electron chi connectivity index (χ4n) is 3.89. The second-order valence-corrected chi connectivity index (χ2v) is 6.64. The standard InChI is InChI=1S/C16H27N5O/c17-15(22)16(21-7-2-1-3-8-21)5-10-20(11-6-16)9-4-14-12-18-19-13-14/h12-13H,1-11H2,(H2,17,22)(H,18,19). The third-order valence-corrected chi connectivity index (χ3v) is 5.37. The maximum atomic E-state index is 12.2. The number of amides is 1. The molecule has 0 aromatic carbocycles. The number of rotatable bonds is 5. The lowest BCUT2D eigenvalue weighted by Crippen LogP contribution is -2.63. The van der Waals surface area contributed by atoms with Crippen molar-refractivity contribution in [2.24, 2.45) is 5.73 Å². The number of carbonyl (C=O) groups is 1. The summed E-state index contributed by atoms with van der Waals surface area (Å²) in [7, 11) is 0. The number of piperidine rings is 2. The third-order valence-electron chi connectivity index (χ3n) is 5.37. The molecule has 122 valence electrons. The van der Waals surface area contributed by atoms with Crippen LogP contribution in [0.5, 0.6) is 0 Å². The predicted octanol–water partition coefficient (Wildman–Crippen LogP) is 0.758. The molecule has 0 atom stereocenters. The molecule has 3 N–H and O–H groups in total. The first-order valence-corrected chi connectivity index (χ1v) is 8.46. The number of nitrogens with zero attached hydrogens (tertiary/aromatic N) is 3. The van der Waals surface area contributed by atoms with Crippen molar-refractivity contribution in [2.45, 2.75) is 44.1 Å². The molecule has 2 aliphatic rings. The number of primary amides is 1. The quantitative estimate of drug-likeness (QED) is 0.842. The van der Waals surface area contributed by atoms with E-state index in [-0.39, 0.29) is 5.91 Å². The molecule has 2 aliphatic heterocycles. The van der Waals surface area contributed by atoms with Crippen LogP contribution >= 0.6 is 0 Å². The van der Waals surface area contributed by atoms with Crippen molar-refractivity contribution in [3.63, 3.8) is 0 Å². The van der Waals surface area contributed by atoms with E-state index in [4.69, 9.17) is 5.73 Å². The minimum Gasteiger partial charge on any atom is -0.368 e. The minimum absolute atomic E-state index is 0.121. The third kappa shape index (κ3) is 3.17. The molecule has 3 heterocycles. The molecule has 0 aliphatic carbocycles. The number of nitrogens with two attached hydrogens (primary N) is 1. The summed E-state index contributed by atoms with van der Waals surface area (Å²) in [5.74, 6) is -0.121. The highest BCUT2D eigenvalue weighted by Gasteiger charge is 2.44. The van der Waals surface area contributed by atoms with E-state index in [1.807, 2.05) is 12.4 Å². The van der Waals surface area contributed by atoms with Crippen LogP contribution in [0.3, 0.4) is 0 Å². The zero-order valence-electron chi connectivity index (χ0n) is 13.3. The van der Waals surface area contributed by atoms with Gasteiger partial charge in [0.1, 0.15) is 5.54 Å². The predicted molar refractivity (Wildman–Crippen MR) is 85.3 cm³/mol. The SMILES string of the molecule is NC(=O)C1(N2CCCCC2)CCN(CCc2cn[nH]c2)CC1. The Morgan fingerprint density at radius 2 is 1.95 bits per heavy atom. The Morgan fingerprint density at radius 1 is 1.23 bits per heavy atom. The van der Waals surface area contributed by atoms with Crippen LogP contribution in [-0.4, -0.2) is 64.2 Å². The summed E-state index contributed by atoms with van der Waals surface area (Å²) >= 11 is 0. The molecule has 3 rings (SSSR count). The summed E-state index contributed by atoms with van der Waals surface area (Å²) < 4.78 is 0. The lowest BCUT2D eigenvalue weighted by Gasteiger charge is -2.48. The molecule has 2 saturated heterocycles. The van der Waals surface area contributed by atoms with E-state index in [2.05, 4.69) is 20.0 Å². The summed E-state index contributed by atoms with van der Waals surface area (Å²) in [6.07, 6.45) is 10.2. The molecule has 0 spiro atoms. The number of likely N-dealkylation sites (tertiary alicyclic amines) is 2. The van der Waals surface area contributed by atoms with Crippen molar-refractivity contribution in [2.75, 3.05) is 32.7 Å². The van der Waals surface area contributed by atoms with Crippen LogP contribution in [0.15, 0.2) is 12.4 Å². The first kappa shape index (κ1) is 15.5. The van der Waals surface area contributed by atoms with Crippen LogP contribution in [0.1, 0.15) is 37.7 Å². The first-order chi connectivity index (χ1) is 10.7. The van der Waals surface area contributed by atoms with Gasteiger partial charge in [-0.25, -0.2) is 0 Å². The van der Waals surface area contributed by atoms with Crippen molar-refractivity contribution in [3.8, 4) is 0 Å². The van der Waals surface area contributed by atoms with Gasteiger partial charge in [-0.1, -0.05) is 6.42 Å². The smallest absolute Gasteiger partial charge is 0.238 e. The molecule has 6 nitrogen and oxygen atoms in total. The fourth-order valence-corrected chi connectivity index (χ4v) is 3.89. The Balaban J connectivity index is 1.56. The molecule has 6 heteroatoms. The second-order valence-electron chi connectivity index (χ2n) is 6.64. The van der Waals surface area contributed by atoms with Crippen LogP contribution in [0.2, 0.25) is 0 Å². The maximum Gasteiger partial charge on any atom is 0.238 e. The molecular weight excluding hydrogens is 278 g/mol. The second kappa shape index (κ2) is 6.79. The van der Waals surface area contributed by atoms with Gasteiger partial charge in [0, 0.05) is 25.8 Å². The largest absolute Gasteiger partial charge is 0.368 e. The van der Waals surface area contributed by atoms with E-state index in [1.54, 1.807) is 0 Å². The Hall–Kier alpha value is -1.40. The van der Waals surface area contributed by atoms with Gasteiger partial charge in [0.2, 0.25) is 5.91 Å². The van der Waals surface area contributed by atoms with Gasteiger partial charge in [-0.05, 0) is 50.8 Å². The number of hydrogen-bond donors (Lipinski definition) is 2. The van der Waals surface area contributed by atoms with Gasteiger partial charge in [0.05, 0.1) is 6.20 Å². The summed E-state index contributed by atoms with van der Waals surface area (Å²) in [6, 6.07) is 0. The highest BCUT2D eigenvalue weighted by atomic mass is 16.1. The lowest BCUT2D eigenvalue weighted by molar-refractivity contribution is -0.134. The fraction of sp³-hybridized carbons (Fsp3) is 0.750. The Morgan fingerprint density at radius 3 is 2.55 bits per heavy atom. The monoisotopic (exact) mass is 305 g/mol. The Labute approximate surface area is 132 Å². The highest BCUT2D eigenvalue weighted by molar-refractivity contribution is 5.84. The zero-order chi connectivity index (χ0) is 15.4. The van der Waals surface area contributed by atoms with Gasteiger partial charge in [-0.3, -0.25) is 14.8 Å². The molecule has 1 aromatic rings. The molecule has 1 amide bonds. The average molecular weight is 305 g/mol. The minimum atomic E-state index is -0.396. The summed E-state index contributed by atoms with van der Waals surface area (Å²) in [4.78, 5) is 17.0. The van der Waals surface area contributed by atoms with Crippen molar-refractivity contribution in [1.29, 1.82) is 0 Å². The van der Waals surface area contributed by atoms with Gasteiger partial charge in [0.25, 0.3) is 0 Å². The number of aromatic amines is 1. The molecule has 0 radical (unpaired) electrons. The number of nitrogens with one attached hydrogen (secondary N) is 1. The molecule has 0 bridgehead atoms. The molecule has 2 fully saturated rings. The van der Waals surface area contributed by atoms with E-state index in [0.29, 0.717) is 0 Å². The van der Waals surface area contributed by atoms with Crippen LogP contribution < -0.4 is 5.73 Å². The van der Waals surface area contributed by atoms with Gasteiger partial charge in [-0.2, -0.15) is 5.10 Å². The Bertz CT molecular complexity index is 473. The van der Waals surface area contributed by atoms with E-state index in [0.717, 1.165) is 52.0 Å². The van der Waals surface area contributed by atoms with Crippen LogP contribution in [-0.2, 0) is 11.2 Å². The van der Waals surface area contributed by atoms with Crippen molar-refractivity contribution in [3.05, 3.63) is 18.0 Å². The topological polar surface area (TPSA) is 78.2 Å².